The zero-order chi connectivity index (χ0) is 14.3. The summed E-state index contributed by atoms with van der Waals surface area (Å²) >= 11 is -0.217. The van der Waals surface area contributed by atoms with Gasteiger partial charge in [-0.3, -0.25) is 0 Å². The van der Waals surface area contributed by atoms with Crippen molar-refractivity contribution >= 4 is 24.1 Å². The molecule has 2 aromatic heterocycles. The van der Waals surface area contributed by atoms with Crippen LogP contribution in [0.4, 0.5) is 13.2 Å². The molecule has 0 saturated carbocycles. The molecule has 0 aliphatic heterocycles. The van der Waals surface area contributed by atoms with E-state index >= 15 is 0 Å². The van der Waals surface area contributed by atoms with E-state index in [1.165, 1.54) is 12.1 Å². The van der Waals surface area contributed by atoms with E-state index in [9.17, 15) is 18.0 Å². The van der Waals surface area contributed by atoms with Gasteiger partial charge in [0, 0.05) is 0 Å². The summed E-state index contributed by atoms with van der Waals surface area (Å²) in [5.41, 5.74) is -0.210. The van der Waals surface area contributed by atoms with Crippen LogP contribution in [-0.4, -0.2) is 24.7 Å². The Hall–Kier alpha value is -1.85. The van der Waals surface area contributed by atoms with E-state index in [4.69, 9.17) is 0 Å². The van der Waals surface area contributed by atoms with Crippen molar-refractivity contribution in [1.82, 2.24) is 10.2 Å². The Balaban J connectivity index is 2.07. The fourth-order valence-corrected chi connectivity index (χ4v) is 4.01. The Labute approximate surface area is 116 Å². The molecule has 3 rings (SSSR count). The van der Waals surface area contributed by atoms with E-state index in [2.05, 4.69) is 10.2 Å². The van der Waals surface area contributed by atoms with Gasteiger partial charge in [0.25, 0.3) is 0 Å². The number of alkyl halides is 3. The molecule has 20 heavy (non-hydrogen) atoms. The molecule has 3 aromatic rings. The molecular weight excluding hydrogens is 336 g/mol. The van der Waals surface area contributed by atoms with Crippen molar-refractivity contribution in [1.29, 1.82) is 0 Å². The Morgan fingerprint density at radius 2 is 1.85 bits per heavy atom. The van der Waals surface area contributed by atoms with Crippen molar-refractivity contribution in [3.8, 4) is 10.0 Å². The molecule has 0 atom stereocenters. The first kappa shape index (κ1) is 13.1. The van der Waals surface area contributed by atoms with E-state index in [1.54, 1.807) is 12.3 Å². The Bertz CT molecular complexity index is 818. The van der Waals surface area contributed by atoms with Crippen molar-refractivity contribution in [3.63, 3.8) is 0 Å². The molecule has 0 radical (unpaired) electrons. The SMILES string of the molecule is O=c1[nH]ncc2cc(-c3ccc(C(F)(F)F)cc3)[se]c12. The minimum atomic E-state index is -4.34. The van der Waals surface area contributed by atoms with Crippen LogP contribution in [0.3, 0.4) is 0 Å². The quantitative estimate of drug-likeness (QED) is 0.691. The van der Waals surface area contributed by atoms with Gasteiger partial charge in [-0.2, -0.15) is 0 Å². The number of aromatic nitrogens is 2. The number of hydrogen-bond acceptors (Lipinski definition) is 2. The van der Waals surface area contributed by atoms with Crippen LogP contribution in [0.5, 0.6) is 0 Å². The molecule has 7 heteroatoms. The van der Waals surface area contributed by atoms with Crippen LogP contribution in [-0.2, 0) is 6.18 Å². The molecule has 0 aliphatic rings. The number of halogens is 3. The Morgan fingerprint density at radius 3 is 2.45 bits per heavy atom. The summed E-state index contributed by atoms with van der Waals surface area (Å²) in [6.07, 6.45) is -2.78. The Kier molecular flexibility index (Phi) is 3.03. The van der Waals surface area contributed by atoms with Crippen LogP contribution in [0.15, 0.2) is 41.3 Å². The number of H-pyrrole nitrogens is 1. The predicted molar refractivity (Wildman–Crippen MR) is 69.7 cm³/mol. The number of nitrogens with one attached hydrogen (secondary N) is 1. The van der Waals surface area contributed by atoms with Crippen molar-refractivity contribution < 1.29 is 13.2 Å². The maximum absolute atomic E-state index is 12.5. The summed E-state index contributed by atoms with van der Waals surface area (Å²) in [5.74, 6) is 0. The van der Waals surface area contributed by atoms with Crippen LogP contribution in [0.25, 0.3) is 19.6 Å². The molecule has 0 fully saturated rings. The normalized spacial score (nSPS) is 11.9. The monoisotopic (exact) mass is 344 g/mol. The van der Waals surface area contributed by atoms with Gasteiger partial charge in [0.15, 0.2) is 0 Å². The van der Waals surface area contributed by atoms with Crippen LogP contribution in [0, 0.1) is 0 Å². The fraction of sp³-hybridized carbons (Fsp3) is 0.0769. The standard InChI is InChI=1S/C13H7F3N2OSe/c14-13(15,16)9-3-1-7(2-4-9)10-5-8-6-17-18-12(19)11(8)20-10/h1-6H,(H,18,19). The molecule has 0 amide bonds. The average molecular weight is 343 g/mol. The first-order valence-corrected chi connectivity index (χ1v) is 7.31. The van der Waals surface area contributed by atoms with Gasteiger partial charge in [0.05, 0.1) is 0 Å². The molecule has 0 bridgehead atoms. The van der Waals surface area contributed by atoms with Crippen LogP contribution in [0.1, 0.15) is 5.56 Å². The van der Waals surface area contributed by atoms with Gasteiger partial charge in [-0.1, -0.05) is 0 Å². The van der Waals surface area contributed by atoms with Gasteiger partial charge in [-0.25, -0.2) is 0 Å². The molecule has 0 aliphatic carbocycles. The summed E-state index contributed by atoms with van der Waals surface area (Å²) in [6.45, 7) is 0. The summed E-state index contributed by atoms with van der Waals surface area (Å²) in [4.78, 5) is 11.6. The third-order valence-corrected chi connectivity index (χ3v) is 5.35. The number of rotatable bonds is 1. The number of benzene rings is 1. The van der Waals surface area contributed by atoms with Gasteiger partial charge in [-0.05, 0) is 0 Å². The topological polar surface area (TPSA) is 45.8 Å². The van der Waals surface area contributed by atoms with E-state index in [-0.39, 0.29) is 20.1 Å². The van der Waals surface area contributed by atoms with E-state index in [1.807, 2.05) is 0 Å². The third-order valence-electron chi connectivity index (χ3n) is 2.83. The zero-order valence-corrected chi connectivity index (χ0v) is 11.6. The Morgan fingerprint density at radius 1 is 1.15 bits per heavy atom. The molecule has 3 nitrogen and oxygen atoms in total. The number of hydrogen-bond donors (Lipinski definition) is 1. The fourth-order valence-electron chi connectivity index (χ4n) is 1.86. The summed E-state index contributed by atoms with van der Waals surface area (Å²) in [5, 5.41) is 6.81. The molecule has 0 spiro atoms. The van der Waals surface area contributed by atoms with Gasteiger partial charge < -0.3 is 0 Å². The van der Waals surface area contributed by atoms with E-state index < -0.39 is 11.7 Å². The summed E-state index contributed by atoms with van der Waals surface area (Å²) in [7, 11) is 0. The van der Waals surface area contributed by atoms with Crippen LogP contribution < -0.4 is 5.56 Å². The van der Waals surface area contributed by atoms with Gasteiger partial charge in [0.1, 0.15) is 0 Å². The van der Waals surface area contributed by atoms with Gasteiger partial charge in [-0.15, -0.1) is 0 Å². The van der Waals surface area contributed by atoms with Crippen molar-refractivity contribution in [3.05, 3.63) is 52.4 Å². The molecule has 102 valence electrons. The first-order chi connectivity index (χ1) is 9.45. The van der Waals surface area contributed by atoms with Gasteiger partial charge >= 0.3 is 116 Å². The van der Waals surface area contributed by atoms with Crippen LogP contribution >= 0.6 is 0 Å². The minimum absolute atomic E-state index is 0.217. The second kappa shape index (κ2) is 4.61. The molecule has 0 saturated heterocycles. The maximum atomic E-state index is 12.5. The molecule has 2 heterocycles. The second-order valence-corrected chi connectivity index (χ2v) is 6.38. The number of fused-ring (bicyclic) bond motifs is 1. The van der Waals surface area contributed by atoms with Crippen molar-refractivity contribution in [2.75, 3.05) is 0 Å². The third kappa shape index (κ3) is 2.30. The van der Waals surface area contributed by atoms with E-state index in [0.29, 0.717) is 9.82 Å². The summed E-state index contributed by atoms with van der Waals surface area (Å²) in [6, 6.07) is 6.78. The number of aromatic amines is 1. The first-order valence-electron chi connectivity index (χ1n) is 5.60. The van der Waals surface area contributed by atoms with E-state index in [0.717, 1.165) is 22.0 Å². The van der Waals surface area contributed by atoms with Gasteiger partial charge in [0.2, 0.25) is 0 Å². The number of nitrogens with zero attached hydrogens (tertiary/aromatic N) is 1. The predicted octanol–water partition coefficient (Wildman–Crippen LogP) is 2.67. The van der Waals surface area contributed by atoms with Crippen molar-refractivity contribution in [2.24, 2.45) is 0 Å². The zero-order valence-electron chi connectivity index (χ0n) is 9.86. The molecule has 1 aromatic carbocycles. The molecule has 0 unspecified atom stereocenters. The second-order valence-electron chi connectivity index (χ2n) is 4.17. The molecule has 1 N–H and O–H groups in total. The molecular formula is C13H7F3N2OSe. The summed E-state index contributed by atoms with van der Waals surface area (Å²) < 4.78 is 39.0. The van der Waals surface area contributed by atoms with Crippen molar-refractivity contribution in [2.45, 2.75) is 6.18 Å². The van der Waals surface area contributed by atoms with Crippen LogP contribution in [0.2, 0.25) is 0 Å². The average Bonchev–Trinajstić information content (AvgIpc) is 2.83.